The maximum absolute atomic E-state index is 12.9. The van der Waals surface area contributed by atoms with Gasteiger partial charge in [0.05, 0.1) is 30.4 Å². The van der Waals surface area contributed by atoms with Crippen molar-refractivity contribution >= 4 is 33.5 Å². The van der Waals surface area contributed by atoms with Crippen molar-refractivity contribution in [3.63, 3.8) is 0 Å². The van der Waals surface area contributed by atoms with Crippen LogP contribution in [0, 0.1) is 11.3 Å². The molecule has 0 bridgehead atoms. The monoisotopic (exact) mass is 403 g/mol. The van der Waals surface area contributed by atoms with Gasteiger partial charge < -0.3 is 9.32 Å². The van der Waals surface area contributed by atoms with Crippen LogP contribution in [0.3, 0.4) is 0 Å². The van der Waals surface area contributed by atoms with Gasteiger partial charge in [0.25, 0.3) is 5.56 Å². The van der Waals surface area contributed by atoms with Crippen LogP contribution in [0.1, 0.15) is 12.0 Å². The summed E-state index contributed by atoms with van der Waals surface area (Å²) < 4.78 is 6.67. The first kappa shape index (κ1) is 18.7. The molecule has 0 fully saturated rings. The Morgan fingerprint density at radius 3 is 2.90 bits per heavy atom. The van der Waals surface area contributed by atoms with E-state index in [0.717, 1.165) is 16.8 Å². The van der Waals surface area contributed by atoms with E-state index in [-0.39, 0.29) is 5.56 Å². The van der Waals surface area contributed by atoms with E-state index in [9.17, 15) is 4.79 Å². The van der Waals surface area contributed by atoms with Gasteiger partial charge in [-0.25, -0.2) is 4.98 Å². The van der Waals surface area contributed by atoms with Gasteiger partial charge in [0, 0.05) is 30.2 Å². The van der Waals surface area contributed by atoms with Crippen molar-refractivity contribution in [3.05, 3.63) is 70.3 Å². The summed E-state index contributed by atoms with van der Waals surface area (Å²) in [6.07, 6.45) is 5.09. The molecule has 4 rings (SSSR count). The fourth-order valence-electron chi connectivity index (χ4n) is 2.91. The van der Waals surface area contributed by atoms with Gasteiger partial charge in [0.1, 0.15) is 16.9 Å². The van der Waals surface area contributed by atoms with E-state index in [1.807, 2.05) is 47.7 Å². The summed E-state index contributed by atoms with van der Waals surface area (Å²) in [6, 6.07) is 13.5. The van der Waals surface area contributed by atoms with Crippen LogP contribution in [0.15, 0.2) is 68.7 Å². The Labute approximate surface area is 170 Å². The highest BCUT2D eigenvalue weighted by Crippen LogP contribution is 2.30. The smallest absolute Gasteiger partial charge is 0.283 e. The Morgan fingerprint density at radius 2 is 2.17 bits per heavy atom. The number of furan rings is 1. The molecule has 0 saturated carbocycles. The maximum atomic E-state index is 12.9. The van der Waals surface area contributed by atoms with Crippen molar-refractivity contribution in [2.24, 2.45) is 5.10 Å². The van der Waals surface area contributed by atoms with Crippen molar-refractivity contribution in [1.29, 1.82) is 5.26 Å². The predicted molar refractivity (Wildman–Crippen MR) is 115 cm³/mol. The Kier molecular flexibility index (Phi) is 5.22. The van der Waals surface area contributed by atoms with E-state index >= 15 is 0 Å². The van der Waals surface area contributed by atoms with Gasteiger partial charge in [0.2, 0.25) is 0 Å². The molecule has 3 heterocycles. The van der Waals surface area contributed by atoms with Crippen LogP contribution in [0.4, 0.5) is 5.69 Å². The molecule has 0 radical (unpaired) electrons. The lowest BCUT2D eigenvalue weighted by Gasteiger charge is -2.17. The molecule has 0 aliphatic carbocycles. The van der Waals surface area contributed by atoms with E-state index in [1.165, 1.54) is 22.3 Å². The number of aromatic nitrogens is 2. The molecule has 144 valence electrons. The average molecular weight is 403 g/mol. The molecule has 3 aromatic heterocycles. The lowest BCUT2D eigenvalue weighted by molar-refractivity contribution is 0.583. The Morgan fingerprint density at radius 1 is 1.34 bits per heavy atom. The highest BCUT2D eigenvalue weighted by Gasteiger charge is 2.14. The van der Waals surface area contributed by atoms with Crippen LogP contribution in [-0.4, -0.2) is 29.5 Å². The van der Waals surface area contributed by atoms with Gasteiger partial charge in [-0.1, -0.05) is 12.1 Å². The first-order valence-electron chi connectivity index (χ1n) is 8.92. The highest BCUT2D eigenvalue weighted by molar-refractivity contribution is 7.17. The van der Waals surface area contributed by atoms with E-state index < -0.39 is 0 Å². The van der Waals surface area contributed by atoms with E-state index in [4.69, 9.17) is 9.68 Å². The van der Waals surface area contributed by atoms with Crippen LogP contribution in [0.2, 0.25) is 0 Å². The van der Waals surface area contributed by atoms with Crippen LogP contribution in [-0.2, 0) is 0 Å². The van der Waals surface area contributed by atoms with E-state index in [2.05, 4.69) is 16.2 Å². The van der Waals surface area contributed by atoms with Gasteiger partial charge >= 0.3 is 0 Å². The molecule has 0 aliphatic heterocycles. The number of anilines is 1. The molecule has 29 heavy (non-hydrogen) atoms. The van der Waals surface area contributed by atoms with Crippen molar-refractivity contribution in [1.82, 2.24) is 9.66 Å². The zero-order chi connectivity index (χ0) is 20.2. The summed E-state index contributed by atoms with van der Waals surface area (Å²) in [6.45, 7) is 0.670. The summed E-state index contributed by atoms with van der Waals surface area (Å²) in [7, 11) is 1.94. The number of nitriles is 1. The normalized spacial score (nSPS) is 11.2. The fraction of sp³-hybridized carbons (Fsp3) is 0.143. The third-order valence-corrected chi connectivity index (χ3v) is 5.37. The van der Waals surface area contributed by atoms with Crippen molar-refractivity contribution in [2.75, 3.05) is 18.5 Å². The van der Waals surface area contributed by atoms with Crippen molar-refractivity contribution < 1.29 is 4.42 Å². The number of thiophene rings is 1. The first-order valence-corrected chi connectivity index (χ1v) is 9.80. The number of nitrogens with zero attached hydrogens (tertiary/aromatic N) is 5. The Balaban J connectivity index is 1.60. The minimum absolute atomic E-state index is 0.244. The molecule has 0 saturated heterocycles. The van der Waals surface area contributed by atoms with Crippen molar-refractivity contribution in [2.45, 2.75) is 6.42 Å². The van der Waals surface area contributed by atoms with Gasteiger partial charge in [-0.05, 0) is 29.8 Å². The van der Waals surface area contributed by atoms with Crippen LogP contribution in [0.5, 0.6) is 0 Å². The van der Waals surface area contributed by atoms with Crippen molar-refractivity contribution in [3.8, 4) is 17.4 Å². The summed E-state index contributed by atoms with van der Waals surface area (Å²) >= 11 is 1.40. The molecule has 7 nitrogen and oxygen atoms in total. The van der Waals surface area contributed by atoms with Gasteiger partial charge in [-0.15, -0.1) is 11.3 Å². The predicted octanol–water partition coefficient (Wildman–Crippen LogP) is 3.95. The lowest BCUT2D eigenvalue weighted by atomic mass is 10.2. The minimum Gasteiger partial charge on any atom is -0.464 e. The zero-order valence-corrected chi connectivity index (χ0v) is 16.5. The molecule has 0 spiro atoms. The molecule has 8 heteroatoms. The van der Waals surface area contributed by atoms with Gasteiger partial charge in [-0.3, -0.25) is 4.79 Å². The van der Waals surface area contributed by atoms with Gasteiger partial charge in [-0.2, -0.15) is 15.0 Å². The molecular formula is C21H17N5O2S. The van der Waals surface area contributed by atoms with E-state index in [1.54, 1.807) is 18.5 Å². The Bertz CT molecular complexity index is 1250. The largest absolute Gasteiger partial charge is 0.464 e. The summed E-state index contributed by atoms with van der Waals surface area (Å²) in [5, 5.41) is 15.4. The molecule has 0 atom stereocenters. The fourth-order valence-corrected chi connectivity index (χ4v) is 3.80. The molecule has 0 N–H and O–H groups in total. The summed E-state index contributed by atoms with van der Waals surface area (Å²) in [5.41, 5.74) is 2.35. The molecule has 1 aromatic carbocycles. The molecule has 0 unspecified atom stereocenters. The van der Waals surface area contributed by atoms with Gasteiger partial charge in [0.15, 0.2) is 0 Å². The van der Waals surface area contributed by atoms with Crippen LogP contribution >= 0.6 is 11.3 Å². The van der Waals surface area contributed by atoms with E-state index in [0.29, 0.717) is 28.9 Å². The molecular weight excluding hydrogens is 386 g/mol. The topological polar surface area (TPSA) is 87.4 Å². The maximum Gasteiger partial charge on any atom is 0.283 e. The minimum atomic E-state index is -0.244. The summed E-state index contributed by atoms with van der Waals surface area (Å²) in [5.74, 6) is 0.632. The number of rotatable bonds is 6. The number of hydrogen-bond acceptors (Lipinski definition) is 7. The second kappa shape index (κ2) is 8.12. The lowest BCUT2D eigenvalue weighted by Crippen LogP contribution is -2.18. The standard InChI is InChI=1S/C21H17N5O2S/c1-25(10-3-9-22)16-7-5-15(6-8-16)12-24-26-14-23-20-19(21(26)27)17(13-29-20)18-4-2-11-28-18/h2,4-8,11-14H,3,10H2,1H3/b24-12-. The third-order valence-electron chi connectivity index (χ3n) is 4.49. The van der Waals surface area contributed by atoms with Crippen LogP contribution in [0.25, 0.3) is 21.5 Å². The molecule has 0 amide bonds. The molecule has 0 aliphatic rings. The average Bonchev–Trinajstić information content (AvgIpc) is 3.42. The number of benzene rings is 1. The number of fused-ring (bicyclic) bond motifs is 1. The quantitative estimate of drug-likeness (QED) is 0.455. The summed E-state index contributed by atoms with van der Waals surface area (Å²) in [4.78, 5) is 19.9. The zero-order valence-electron chi connectivity index (χ0n) is 15.6. The van der Waals surface area contributed by atoms with Crippen LogP contribution < -0.4 is 10.5 Å². The SMILES string of the molecule is CN(CCC#N)c1ccc(/C=N\n2cnc3scc(-c4ccco4)c3c2=O)cc1. The first-order chi connectivity index (χ1) is 14.2. The molecule has 4 aromatic rings. The number of hydrogen-bond donors (Lipinski definition) is 0. The third kappa shape index (κ3) is 3.81. The second-order valence-electron chi connectivity index (χ2n) is 6.37. The second-order valence-corrected chi connectivity index (χ2v) is 7.22. The highest BCUT2D eigenvalue weighted by atomic mass is 32.1. The Hall–Kier alpha value is -3.70.